The van der Waals surface area contributed by atoms with E-state index < -0.39 is 0 Å². The van der Waals surface area contributed by atoms with E-state index in [1.165, 1.54) is 24.8 Å². The van der Waals surface area contributed by atoms with Gasteiger partial charge in [0.05, 0.1) is 17.4 Å². The molecule has 0 bridgehead atoms. The maximum Gasteiger partial charge on any atom is 0.255 e. The Kier molecular flexibility index (Phi) is 7.89. The highest BCUT2D eigenvalue weighted by Gasteiger charge is 2.11. The number of halogens is 1. The average molecular weight is 453 g/mol. The third-order valence-electron chi connectivity index (χ3n) is 5.48. The van der Waals surface area contributed by atoms with E-state index in [0.29, 0.717) is 23.7 Å². The van der Waals surface area contributed by atoms with E-state index in [-0.39, 0.29) is 18.3 Å². The smallest absolute Gasteiger partial charge is 0.255 e. The Bertz CT molecular complexity index is 1150. The number of rotatable bonds is 9. The Morgan fingerprint density at radius 3 is 2.66 bits per heavy atom. The minimum atomic E-state index is -0.133. The molecular formula is C24H29ClN6O. The van der Waals surface area contributed by atoms with Crippen molar-refractivity contribution in [1.82, 2.24) is 19.5 Å². The van der Waals surface area contributed by atoms with E-state index in [1.807, 2.05) is 47.0 Å². The second-order valence-electron chi connectivity index (χ2n) is 7.76. The van der Waals surface area contributed by atoms with Crippen molar-refractivity contribution in [1.29, 1.82) is 0 Å². The van der Waals surface area contributed by atoms with Gasteiger partial charge in [0, 0.05) is 36.1 Å². The molecule has 0 saturated carbocycles. The van der Waals surface area contributed by atoms with Crippen LogP contribution in [0.3, 0.4) is 0 Å². The van der Waals surface area contributed by atoms with E-state index in [0.717, 1.165) is 29.6 Å². The number of carbonyl (C=O) groups excluding carboxylic acids is 1. The van der Waals surface area contributed by atoms with E-state index >= 15 is 0 Å². The van der Waals surface area contributed by atoms with Crippen LogP contribution in [0.25, 0.3) is 11.0 Å². The predicted octanol–water partition coefficient (Wildman–Crippen LogP) is 4.99. The normalized spacial score (nSPS) is 10.8. The molecule has 0 aliphatic heterocycles. The summed E-state index contributed by atoms with van der Waals surface area (Å²) in [4.78, 5) is 24.3. The topological polar surface area (TPSA) is 102 Å². The quantitative estimate of drug-likeness (QED) is 0.311. The van der Waals surface area contributed by atoms with Crippen molar-refractivity contribution in [3.63, 3.8) is 0 Å². The summed E-state index contributed by atoms with van der Waals surface area (Å²) < 4.78 is 1.97. The molecule has 2 aromatic carbocycles. The van der Waals surface area contributed by atoms with Crippen LogP contribution in [0.1, 0.15) is 47.8 Å². The minimum absolute atomic E-state index is 0. The molecule has 1 amide bonds. The third-order valence-corrected chi connectivity index (χ3v) is 5.48. The summed E-state index contributed by atoms with van der Waals surface area (Å²) in [6.07, 6.45) is 8.92. The third kappa shape index (κ3) is 5.48. The zero-order chi connectivity index (χ0) is 21.6. The lowest BCUT2D eigenvalue weighted by molar-refractivity contribution is 0.102. The highest BCUT2D eigenvalue weighted by atomic mass is 35.5. The number of nitrogens with two attached hydrogens (primary N) is 1. The van der Waals surface area contributed by atoms with Crippen LogP contribution in [0.15, 0.2) is 55.0 Å². The fraction of sp³-hybridized carbons (Fsp3) is 0.292. The zero-order valence-corrected chi connectivity index (χ0v) is 19.0. The number of aromatic nitrogens is 4. The molecule has 0 radical (unpaired) electrons. The molecule has 2 heterocycles. The van der Waals surface area contributed by atoms with Gasteiger partial charge in [0.15, 0.2) is 0 Å². The molecule has 7 nitrogen and oxygen atoms in total. The van der Waals surface area contributed by atoms with Gasteiger partial charge < -0.3 is 20.6 Å². The number of aromatic amines is 1. The maximum atomic E-state index is 12.7. The number of unbranched alkanes of at least 4 members (excludes halogenated alkanes) is 2. The van der Waals surface area contributed by atoms with Gasteiger partial charge >= 0.3 is 0 Å². The minimum Gasteiger partial charge on any atom is -0.369 e. The van der Waals surface area contributed by atoms with E-state index in [1.54, 1.807) is 12.5 Å². The molecule has 4 aromatic rings. The summed E-state index contributed by atoms with van der Waals surface area (Å²) in [6, 6.07) is 13.5. The van der Waals surface area contributed by atoms with Crippen molar-refractivity contribution in [2.45, 2.75) is 45.6 Å². The van der Waals surface area contributed by atoms with Crippen LogP contribution in [0.5, 0.6) is 0 Å². The number of amides is 1. The van der Waals surface area contributed by atoms with Gasteiger partial charge in [-0.1, -0.05) is 31.9 Å². The van der Waals surface area contributed by atoms with Crippen molar-refractivity contribution < 1.29 is 4.79 Å². The molecule has 4 rings (SSSR count). The fourth-order valence-corrected chi connectivity index (χ4v) is 3.72. The van der Waals surface area contributed by atoms with Gasteiger partial charge in [-0.3, -0.25) is 4.79 Å². The number of hydrogen-bond donors (Lipinski definition) is 3. The number of hydrogen-bond acceptors (Lipinski definition) is 4. The monoisotopic (exact) mass is 452 g/mol. The standard InChI is InChI=1S/C24H28N6O.ClH/c1-2-3-4-5-17-6-8-18(9-7-17)23(31)28-19-10-11-22-21(14-19)29-24(25)30(22)13-12-20-15-26-16-27-20;/h6-11,14-16H,2-5,12-13H2,1H3,(H2,25,29)(H,26,27)(H,28,31);1H. The van der Waals surface area contributed by atoms with Gasteiger partial charge in [-0.05, 0) is 48.7 Å². The molecule has 4 N–H and O–H groups in total. The summed E-state index contributed by atoms with van der Waals surface area (Å²) in [5, 5.41) is 2.96. The van der Waals surface area contributed by atoms with E-state index in [4.69, 9.17) is 5.73 Å². The molecule has 8 heteroatoms. The van der Waals surface area contributed by atoms with Crippen molar-refractivity contribution in [2.75, 3.05) is 11.1 Å². The molecule has 0 aliphatic carbocycles. The Balaban J connectivity index is 0.00000289. The molecule has 0 saturated heterocycles. The van der Waals surface area contributed by atoms with Crippen LogP contribution >= 0.6 is 12.4 Å². The Hall–Kier alpha value is -3.32. The lowest BCUT2D eigenvalue weighted by Crippen LogP contribution is -2.11. The number of aryl methyl sites for hydroxylation is 3. The van der Waals surface area contributed by atoms with Crippen molar-refractivity contribution in [2.24, 2.45) is 0 Å². The van der Waals surface area contributed by atoms with Crippen LogP contribution < -0.4 is 11.1 Å². The number of anilines is 2. The van der Waals surface area contributed by atoms with Crippen molar-refractivity contribution in [3.8, 4) is 0 Å². The first kappa shape index (κ1) is 23.3. The van der Waals surface area contributed by atoms with Crippen LogP contribution in [-0.4, -0.2) is 25.4 Å². The largest absolute Gasteiger partial charge is 0.369 e. The average Bonchev–Trinajstić information content (AvgIpc) is 3.39. The van der Waals surface area contributed by atoms with Crippen molar-refractivity contribution in [3.05, 3.63) is 71.8 Å². The van der Waals surface area contributed by atoms with Crippen LogP contribution in [0.2, 0.25) is 0 Å². The first-order valence-corrected chi connectivity index (χ1v) is 10.8. The maximum absolute atomic E-state index is 12.7. The zero-order valence-electron chi connectivity index (χ0n) is 18.2. The number of nitrogens with one attached hydrogen (secondary N) is 2. The fourth-order valence-electron chi connectivity index (χ4n) is 3.72. The van der Waals surface area contributed by atoms with Crippen LogP contribution in [-0.2, 0) is 19.4 Å². The van der Waals surface area contributed by atoms with Crippen molar-refractivity contribution >= 4 is 41.0 Å². The number of carbonyl (C=O) groups is 1. The Labute approximate surface area is 193 Å². The summed E-state index contributed by atoms with van der Waals surface area (Å²) in [5.74, 6) is 0.322. The lowest BCUT2D eigenvalue weighted by atomic mass is 10.1. The SMILES string of the molecule is CCCCCc1ccc(C(=O)Nc2ccc3c(c2)nc(N)n3CCc2cnc[nH]2)cc1.Cl. The number of nitrogen functional groups attached to an aromatic ring is 1. The van der Waals surface area contributed by atoms with Gasteiger partial charge in [-0.2, -0.15) is 0 Å². The first-order valence-electron chi connectivity index (χ1n) is 10.8. The van der Waals surface area contributed by atoms with Gasteiger partial charge in [0.1, 0.15) is 0 Å². The van der Waals surface area contributed by atoms with Gasteiger partial charge in [0.25, 0.3) is 5.91 Å². The molecule has 168 valence electrons. The summed E-state index contributed by atoms with van der Waals surface area (Å²) in [5.41, 5.74) is 11.5. The van der Waals surface area contributed by atoms with E-state index in [9.17, 15) is 4.79 Å². The summed E-state index contributed by atoms with van der Waals surface area (Å²) in [6.45, 7) is 2.89. The van der Waals surface area contributed by atoms with Gasteiger partial charge in [-0.15, -0.1) is 12.4 Å². The molecule has 0 spiro atoms. The highest BCUT2D eigenvalue weighted by Crippen LogP contribution is 2.23. The second kappa shape index (κ2) is 10.8. The lowest BCUT2D eigenvalue weighted by Gasteiger charge is -2.08. The molecule has 0 atom stereocenters. The van der Waals surface area contributed by atoms with Crippen LogP contribution in [0, 0.1) is 0 Å². The first-order chi connectivity index (χ1) is 15.1. The van der Waals surface area contributed by atoms with E-state index in [2.05, 4.69) is 27.2 Å². The van der Waals surface area contributed by atoms with Gasteiger partial charge in [0.2, 0.25) is 5.95 Å². The molecule has 0 unspecified atom stereocenters. The molecule has 2 aromatic heterocycles. The Morgan fingerprint density at radius 2 is 1.94 bits per heavy atom. The predicted molar refractivity (Wildman–Crippen MR) is 131 cm³/mol. The number of benzene rings is 2. The molecular weight excluding hydrogens is 424 g/mol. The second-order valence-corrected chi connectivity index (χ2v) is 7.76. The molecule has 0 aliphatic rings. The number of fused-ring (bicyclic) bond motifs is 1. The highest BCUT2D eigenvalue weighted by molar-refractivity contribution is 6.05. The number of imidazole rings is 2. The summed E-state index contributed by atoms with van der Waals surface area (Å²) >= 11 is 0. The summed E-state index contributed by atoms with van der Waals surface area (Å²) in [7, 11) is 0. The molecule has 32 heavy (non-hydrogen) atoms. The number of H-pyrrole nitrogens is 1. The number of nitrogens with zero attached hydrogens (tertiary/aromatic N) is 3. The van der Waals surface area contributed by atoms with Crippen LogP contribution in [0.4, 0.5) is 11.6 Å². The molecule has 0 fully saturated rings. The Morgan fingerprint density at radius 1 is 1.12 bits per heavy atom. The van der Waals surface area contributed by atoms with Gasteiger partial charge in [-0.25, -0.2) is 9.97 Å².